The second-order valence-corrected chi connectivity index (χ2v) is 6.43. The van der Waals surface area contributed by atoms with Gasteiger partial charge in [0.15, 0.2) is 22.1 Å². The largest absolute Gasteiger partial charge is 0.478 e. The van der Waals surface area contributed by atoms with Crippen LogP contribution in [0.2, 0.25) is 0 Å². The van der Waals surface area contributed by atoms with Crippen molar-refractivity contribution in [1.29, 1.82) is 0 Å². The summed E-state index contributed by atoms with van der Waals surface area (Å²) in [6, 6.07) is 6.72. The first-order valence-electron chi connectivity index (χ1n) is 7.43. The SMILES string of the molecule is CCc1nc2c(N(C)C)nc(Sc3cccc(C(=O)O)c3)nc2[nH]1. The number of fused-ring (bicyclic) bond motifs is 1. The van der Waals surface area contributed by atoms with Crippen LogP contribution >= 0.6 is 11.8 Å². The van der Waals surface area contributed by atoms with Crippen LogP contribution in [-0.2, 0) is 6.42 Å². The van der Waals surface area contributed by atoms with Crippen LogP contribution in [0.4, 0.5) is 5.82 Å². The molecule has 124 valence electrons. The predicted molar refractivity (Wildman–Crippen MR) is 92.9 cm³/mol. The van der Waals surface area contributed by atoms with E-state index < -0.39 is 5.97 Å². The molecule has 3 rings (SSSR count). The highest BCUT2D eigenvalue weighted by molar-refractivity contribution is 7.99. The molecule has 1 aromatic carbocycles. The number of aromatic carboxylic acids is 1. The number of rotatable bonds is 5. The van der Waals surface area contributed by atoms with Crippen molar-refractivity contribution in [3.05, 3.63) is 35.7 Å². The van der Waals surface area contributed by atoms with Crippen molar-refractivity contribution in [3.63, 3.8) is 0 Å². The molecule has 7 nitrogen and oxygen atoms in total. The minimum Gasteiger partial charge on any atom is -0.478 e. The van der Waals surface area contributed by atoms with Gasteiger partial charge in [0.25, 0.3) is 0 Å². The maximum Gasteiger partial charge on any atom is 0.335 e. The van der Waals surface area contributed by atoms with Crippen molar-refractivity contribution in [2.75, 3.05) is 19.0 Å². The molecule has 24 heavy (non-hydrogen) atoms. The molecule has 0 aliphatic rings. The van der Waals surface area contributed by atoms with E-state index in [1.165, 1.54) is 11.8 Å². The third-order valence-corrected chi connectivity index (χ3v) is 4.26. The maximum absolute atomic E-state index is 11.1. The first-order chi connectivity index (χ1) is 11.5. The van der Waals surface area contributed by atoms with Gasteiger partial charge in [-0.3, -0.25) is 0 Å². The number of anilines is 1. The zero-order valence-electron chi connectivity index (χ0n) is 13.6. The maximum atomic E-state index is 11.1. The normalized spacial score (nSPS) is 11.0. The van der Waals surface area contributed by atoms with Gasteiger partial charge in [0.2, 0.25) is 0 Å². The molecule has 0 fully saturated rings. The molecule has 2 heterocycles. The number of aromatic nitrogens is 4. The smallest absolute Gasteiger partial charge is 0.335 e. The van der Waals surface area contributed by atoms with E-state index in [1.54, 1.807) is 18.2 Å². The molecule has 2 N–H and O–H groups in total. The number of aromatic amines is 1. The van der Waals surface area contributed by atoms with E-state index in [2.05, 4.69) is 19.9 Å². The Hall–Kier alpha value is -2.61. The molecule has 0 saturated heterocycles. The van der Waals surface area contributed by atoms with Crippen molar-refractivity contribution in [1.82, 2.24) is 19.9 Å². The first-order valence-corrected chi connectivity index (χ1v) is 8.24. The molecule has 0 spiro atoms. The molecule has 0 unspecified atom stereocenters. The fraction of sp³-hybridized carbons (Fsp3) is 0.250. The van der Waals surface area contributed by atoms with E-state index in [1.807, 2.05) is 32.0 Å². The van der Waals surface area contributed by atoms with Gasteiger partial charge >= 0.3 is 5.97 Å². The Morgan fingerprint density at radius 3 is 2.75 bits per heavy atom. The molecule has 0 aliphatic heterocycles. The van der Waals surface area contributed by atoms with Gasteiger partial charge in [-0.1, -0.05) is 13.0 Å². The number of carboxylic acid groups (broad SMARTS) is 1. The van der Waals surface area contributed by atoms with Gasteiger partial charge < -0.3 is 15.0 Å². The average Bonchev–Trinajstić information content (AvgIpc) is 2.97. The van der Waals surface area contributed by atoms with Crippen LogP contribution < -0.4 is 4.90 Å². The number of carbonyl (C=O) groups is 1. The summed E-state index contributed by atoms with van der Waals surface area (Å²) >= 11 is 1.32. The number of aryl methyl sites for hydroxylation is 1. The predicted octanol–water partition coefficient (Wildman–Crippen LogP) is 2.83. The highest BCUT2D eigenvalue weighted by Crippen LogP contribution is 2.29. The molecule has 0 saturated carbocycles. The Morgan fingerprint density at radius 1 is 1.29 bits per heavy atom. The zero-order chi connectivity index (χ0) is 17.3. The Morgan fingerprint density at radius 2 is 2.08 bits per heavy atom. The van der Waals surface area contributed by atoms with Crippen molar-refractivity contribution in [2.24, 2.45) is 0 Å². The Kier molecular flexibility index (Phi) is 4.39. The lowest BCUT2D eigenvalue weighted by Crippen LogP contribution is -2.12. The molecular formula is C16H17N5O2S. The highest BCUT2D eigenvalue weighted by atomic mass is 32.2. The van der Waals surface area contributed by atoms with Crippen molar-refractivity contribution in [2.45, 2.75) is 23.4 Å². The summed E-state index contributed by atoms with van der Waals surface area (Å²) in [5.74, 6) is 0.634. The van der Waals surface area contributed by atoms with E-state index in [4.69, 9.17) is 5.11 Å². The molecule has 0 radical (unpaired) electrons. The minimum absolute atomic E-state index is 0.240. The van der Waals surface area contributed by atoms with E-state index in [0.717, 1.165) is 28.5 Å². The van der Waals surface area contributed by atoms with E-state index >= 15 is 0 Å². The molecule has 2 aromatic heterocycles. The lowest BCUT2D eigenvalue weighted by Gasteiger charge is -2.12. The van der Waals surface area contributed by atoms with Gasteiger partial charge in [0, 0.05) is 25.4 Å². The molecule has 3 aromatic rings. The van der Waals surface area contributed by atoms with Crippen LogP contribution in [0.1, 0.15) is 23.1 Å². The topological polar surface area (TPSA) is 95.0 Å². The van der Waals surface area contributed by atoms with Crippen molar-refractivity contribution < 1.29 is 9.90 Å². The Bertz CT molecular complexity index is 907. The summed E-state index contributed by atoms with van der Waals surface area (Å²) in [6.45, 7) is 2.02. The Balaban J connectivity index is 2.03. The quantitative estimate of drug-likeness (QED) is 0.688. The van der Waals surface area contributed by atoms with Crippen LogP contribution in [0.5, 0.6) is 0 Å². The van der Waals surface area contributed by atoms with Crippen LogP contribution in [-0.4, -0.2) is 45.1 Å². The lowest BCUT2D eigenvalue weighted by atomic mass is 10.2. The highest BCUT2D eigenvalue weighted by Gasteiger charge is 2.15. The minimum atomic E-state index is -0.955. The fourth-order valence-corrected chi connectivity index (χ4v) is 3.05. The molecule has 8 heteroatoms. The van der Waals surface area contributed by atoms with Gasteiger partial charge in [-0.25, -0.2) is 19.7 Å². The monoisotopic (exact) mass is 343 g/mol. The van der Waals surface area contributed by atoms with Crippen LogP contribution in [0.3, 0.4) is 0 Å². The summed E-state index contributed by atoms with van der Waals surface area (Å²) < 4.78 is 0. The van der Waals surface area contributed by atoms with E-state index in [0.29, 0.717) is 10.8 Å². The van der Waals surface area contributed by atoms with Crippen LogP contribution in [0.25, 0.3) is 11.2 Å². The van der Waals surface area contributed by atoms with Gasteiger partial charge in [0.1, 0.15) is 5.82 Å². The number of hydrogen-bond acceptors (Lipinski definition) is 6. The third-order valence-electron chi connectivity index (χ3n) is 3.40. The number of carboxylic acids is 1. The number of hydrogen-bond donors (Lipinski definition) is 2. The molecule has 0 aliphatic carbocycles. The second-order valence-electron chi connectivity index (χ2n) is 5.39. The third kappa shape index (κ3) is 3.18. The number of nitrogens with one attached hydrogen (secondary N) is 1. The summed E-state index contributed by atoms with van der Waals surface area (Å²) in [5.41, 5.74) is 1.66. The molecule has 0 amide bonds. The summed E-state index contributed by atoms with van der Waals surface area (Å²) in [6.07, 6.45) is 0.784. The van der Waals surface area contributed by atoms with Gasteiger partial charge in [-0.15, -0.1) is 0 Å². The zero-order valence-corrected chi connectivity index (χ0v) is 14.4. The summed E-state index contributed by atoms with van der Waals surface area (Å²) in [5, 5.41) is 9.64. The number of benzene rings is 1. The molecular weight excluding hydrogens is 326 g/mol. The van der Waals surface area contributed by atoms with Crippen molar-refractivity contribution >= 4 is 34.7 Å². The Labute approximate surface area is 143 Å². The number of H-pyrrole nitrogens is 1. The van der Waals surface area contributed by atoms with Crippen LogP contribution in [0, 0.1) is 0 Å². The van der Waals surface area contributed by atoms with Gasteiger partial charge in [-0.2, -0.15) is 0 Å². The number of imidazole rings is 1. The number of nitrogens with zero attached hydrogens (tertiary/aromatic N) is 4. The van der Waals surface area contributed by atoms with Gasteiger partial charge in [0.05, 0.1) is 5.56 Å². The van der Waals surface area contributed by atoms with E-state index in [-0.39, 0.29) is 5.56 Å². The molecule has 0 bridgehead atoms. The summed E-state index contributed by atoms with van der Waals surface area (Å²) in [7, 11) is 3.81. The first kappa shape index (κ1) is 16.3. The standard InChI is InChI=1S/C16H17N5O2S/c1-4-11-17-12-13(18-11)19-16(20-14(12)21(2)3)24-10-7-5-6-9(8-10)15(22)23/h5-8H,4H2,1-3H3,(H,22,23)(H,17,18,19,20). The van der Waals surface area contributed by atoms with Crippen molar-refractivity contribution in [3.8, 4) is 0 Å². The van der Waals surface area contributed by atoms with Crippen LogP contribution in [0.15, 0.2) is 34.3 Å². The van der Waals surface area contributed by atoms with Gasteiger partial charge in [-0.05, 0) is 30.0 Å². The lowest BCUT2D eigenvalue weighted by molar-refractivity contribution is 0.0696. The molecule has 0 atom stereocenters. The average molecular weight is 343 g/mol. The fourth-order valence-electron chi connectivity index (χ4n) is 2.24. The summed E-state index contributed by atoms with van der Waals surface area (Å²) in [4.78, 5) is 30.6. The second kappa shape index (κ2) is 6.48. The van der Waals surface area contributed by atoms with E-state index in [9.17, 15) is 4.79 Å².